The fourth-order valence-electron chi connectivity index (χ4n) is 1.93. The summed E-state index contributed by atoms with van der Waals surface area (Å²) in [6.45, 7) is 1.85. The second-order valence-corrected chi connectivity index (χ2v) is 6.28. The molecule has 112 valence electrons. The highest BCUT2D eigenvalue weighted by Crippen LogP contribution is 2.22. The van der Waals surface area contributed by atoms with Gasteiger partial charge >= 0.3 is 0 Å². The molecule has 2 rings (SSSR count). The topological polar surface area (TPSA) is 93.6 Å². The Kier molecular flexibility index (Phi) is 4.15. The highest BCUT2D eigenvalue weighted by atomic mass is 32.2. The third-order valence-electron chi connectivity index (χ3n) is 3.36. The van der Waals surface area contributed by atoms with Crippen LogP contribution in [0.4, 0.5) is 0 Å². The fourth-order valence-corrected chi connectivity index (χ4v) is 2.44. The van der Waals surface area contributed by atoms with E-state index in [1.165, 1.54) is 24.7 Å². The first-order chi connectivity index (χ1) is 9.80. The highest BCUT2D eigenvalue weighted by molar-refractivity contribution is 7.89. The Morgan fingerprint density at radius 3 is 2.33 bits per heavy atom. The zero-order valence-corrected chi connectivity index (χ0v) is 12.5. The van der Waals surface area contributed by atoms with Crippen LogP contribution in [0, 0.1) is 0 Å². The predicted molar refractivity (Wildman–Crippen MR) is 77.0 cm³/mol. The van der Waals surface area contributed by atoms with Crippen LogP contribution < -0.4 is 5.14 Å². The van der Waals surface area contributed by atoms with Gasteiger partial charge in [0.15, 0.2) is 0 Å². The minimum atomic E-state index is -3.71. The van der Waals surface area contributed by atoms with Gasteiger partial charge in [0, 0.05) is 7.05 Å². The molecule has 7 heteroatoms. The molecule has 2 N–H and O–H groups in total. The first-order valence-corrected chi connectivity index (χ1v) is 7.77. The largest absolute Gasteiger partial charge is 0.472 e. The van der Waals surface area contributed by atoms with E-state index in [9.17, 15) is 13.2 Å². The van der Waals surface area contributed by atoms with Gasteiger partial charge in [0.25, 0.3) is 5.91 Å². The smallest absolute Gasteiger partial charge is 0.257 e. The van der Waals surface area contributed by atoms with E-state index in [2.05, 4.69) is 0 Å². The Hall–Kier alpha value is -2.12. The molecular weight excluding hydrogens is 292 g/mol. The van der Waals surface area contributed by atoms with Crippen molar-refractivity contribution in [2.24, 2.45) is 5.14 Å². The van der Waals surface area contributed by atoms with Gasteiger partial charge in [-0.1, -0.05) is 12.1 Å². The Labute approximate surface area is 123 Å². The van der Waals surface area contributed by atoms with Gasteiger partial charge in [0.1, 0.15) is 6.26 Å². The zero-order chi connectivity index (χ0) is 15.6. The summed E-state index contributed by atoms with van der Waals surface area (Å²) < 4.78 is 27.3. The van der Waals surface area contributed by atoms with Crippen LogP contribution in [-0.2, 0) is 10.0 Å². The minimum absolute atomic E-state index is 0.0438. The normalized spacial score (nSPS) is 12.9. The first-order valence-electron chi connectivity index (χ1n) is 6.23. The van der Waals surface area contributed by atoms with E-state index in [4.69, 9.17) is 9.56 Å². The zero-order valence-electron chi connectivity index (χ0n) is 11.7. The molecule has 0 spiro atoms. The van der Waals surface area contributed by atoms with Crippen LogP contribution in [-0.4, -0.2) is 26.3 Å². The molecule has 0 radical (unpaired) electrons. The molecule has 0 saturated heterocycles. The van der Waals surface area contributed by atoms with Gasteiger partial charge in [0.2, 0.25) is 10.0 Å². The molecule has 2 aromatic rings. The third-order valence-corrected chi connectivity index (χ3v) is 4.29. The third kappa shape index (κ3) is 3.32. The highest BCUT2D eigenvalue weighted by Gasteiger charge is 2.20. The molecule has 0 aliphatic carbocycles. The van der Waals surface area contributed by atoms with Crippen molar-refractivity contribution < 1.29 is 17.6 Å². The van der Waals surface area contributed by atoms with Crippen molar-refractivity contribution in [3.8, 4) is 0 Å². The van der Waals surface area contributed by atoms with E-state index in [1.807, 2.05) is 6.92 Å². The van der Waals surface area contributed by atoms with Crippen LogP contribution in [0.1, 0.15) is 28.9 Å². The SMILES string of the molecule is C[C@@H](c1ccc(S(N)(=O)=O)cc1)N(C)C(=O)c1ccoc1. The summed E-state index contributed by atoms with van der Waals surface area (Å²) in [5.74, 6) is -0.174. The standard InChI is InChI=1S/C14H16N2O4S/c1-10(16(2)14(17)12-7-8-20-9-12)11-3-5-13(6-4-11)21(15,18)19/h3-10H,1-2H3,(H2,15,18,19)/t10-/m0/s1. The van der Waals surface area contributed by atoms with Crippen molar-refractivity contribution >= 4 is 15.9 Å². The lowest BCUT2D eigenvalue weighted by atomic mass is 10.1. The number of hydrogen-bond donors (Lipinski definition) is 1. The Morgan fingerprint density at radius 1 is 1.24 bits per heavy atom. The molecule has 1 atom stereocenters. The van der Waals surface area contributed by atoms with Crippen LogP contribution in [0.2, 0.25) is 0 Å². The van der Waals surface area contributed by atoms with E-state index < -0.39 is 10.0 Å². The number of hydrogen-bond acceptors (Lipinski definition) is 4. The van der Waals surface area contributed by atoms with Gasteiger partial charge in [-0.05, 0) is 30.7 Å². The maximum Gasteiger partial charge on any atom is 0.257 e. The molecular formula is C14H16N2O4S. The van der Waals surface area contributed by atoms with Gasteiger partial charge in [-0.25, -0.2) is 13.6 Å². The quantitative estimate of drug-likeness (QED) is 0.931. The number of amides is 1. The fraction of sp³-hybridized carbons (Fsp3) is 0.214. The predicted octanol–water partition coefficient (Wildman–Crippen LogP) is 1.76. The molecule has 0 saturated carbocycles. The van der Waals surface area contributed by atoms with Crippen molar-refractivity contribution in [1.82, 2.24) is 4.90 Å². The molecule has 0 aliphatic rings. The van der Waals surface area contributed by atoms with Crippen LogP contribution in [0.15, 0.2) is 52.2 Å². The molecule has 1 heterocycles. The number of carbonyl (C=O) groups is 1. The summed E-state index contributed by atoms with van der Waals surface area (Å²) in [5, 5.41) is 5.05. The lowest BCUT2D eigenvalue weighted by Crippen LogP contribution is -2.29. The Bertz CT molecular complexity index is 721. The van der Waals surface area contributed by atoms with Gasteiger partial charge in [-0.15, -0.1) is 0 Å². The monoisotopic (exact) mass is 308 g/mol. The van der Waals surface area contributed by atoms with Crippen LogP contribution in [0.5, 0.6) is 0 Å². The van der Waals surface area contributed by atoms with Gasteiger partial charge in [-0.2, -0.15) is 0 Å². The number of rotatable bonds is 4. The van der Waals surface area contributed by atoms with Crippen LogP contribution in [0.3, 0.4) is 0 Å². The van der Waals surface area contributed by atoms with Crippen LogP contribution in [0.25, 0.3) is 0 Å². The maximum atomic E-state index is 12.2. The lowest BCUT2D eigenvalue weighted by molar-refractivity contribution is 0.0742. The summed E-state index contributed by atoms with van der Waals surface area (Å²) in [6, 6.07) is 7.51. The van der Waals surface area contributed by atoms with Crippen molar-refractivity contribution in [2.45, 2.75) is 17.9 Å². The average Bonchev–Trinajstić information content (AvgIpc) is 2.98. The molecule has 0 unspecified atom stereocenters. The molecule has 0 aliphatic heterocycles. The minimum Gasteiger partial charge on any atom is -0.472 e. The molecule has 0 bridgehead atoms. The number of nitrogens with zero attached hydrogens (tertiary/aromatic N) is 1. The number of sulfonamides is 1. The maximum absolute atomic E-state index is 12.2. The number of carbonyl (C=O) groups excluding carboxylic acids is 1. The van der Waals surface area contributed by atoms with Gasteiger partial charge < -0.3 is 9.32 Å². The van der Waals surface area contributed by atoms with E-state index in [0.717, 1.165) is 5.56 Å². The Balaban J connectivity index is 2.20. The molecule has 0 fully saturated rings. The summed E-state index contributed by atoms with van der Waals surface area (Å²) >= 11 is 0. The summed E-state index contributed by atoms with van der Waals surface area (Å²) in [6.07, 6.45) is 2.82. The molecule has 1 amide bonds. The van der Waals surface area contributed by atoms with Crippen molar-refractivity contribution in [1.29, 1.82) is 0 Å². The van der Waals surface area contributed by atoms with Crippen molar-refractivity contribution in [3.63, 3.8) is 0 Å². The summed E-state index contributed by atoms with van der Waals surface area (Å²) in [4.78, 5) is 13.8. The van der Waals surface area contributed by atoms with Crippen molar-refractivity contribution in [2.75, 3.05) is 7.05 Å². The second kappa shape index (κ2) is 5.71. The number of primary sulfonamides is 1. The first kappa shape index (κ1) is 15.3. The van der Waals surface area contributed by atoms with Gasteiger partial charge in [-0.3, -0.25) is 4.79 Å². The number of nitrogens with two attached hydrogens (primary N) is 1. The van der Waals surface area contributed by atoms with E-state index >= 15 is 0 Å². The van der Waals surface area contributed by atoms with E-state index in [-0.39, 0.29) is 16.8 Å². The van der Waals surface area contributed by atoms with E-state index in [0.29, 0.717) is 5.56 Å². The van der Waals surface area contributed by atoms with Crippen LogP contribution >= 0.6 is 0 Å². The Morgan fingerprint density at radius 2 is 1.86 bits per heavy atom. The number of benzene rings is 1. The molecule has 1 aromatic carbocycles. The summed E-state index contributed by atoms with van der Waals surface area (Å²) in [7, 11) is -2.04. The summed E-state index contributed by atoms with van der Waals surface area (Å²) in [5.41, 5.74) is 1.27. The second-order valence-electron chi connectivity index (χ2n) is 4.72. The number of furan rings is 1. The molecule has 1 aromatic heterocycles. The van der Waals surface area contributed by atoms with Gasteiger partial charge in [0.05, 0.1) is 22.8 Å². The lowest BCUT2D eigenvalue weighted by Gasteiger charge is -2.25. The van der Waals surface area contributed by atoms with Crippen molar-refractivity contribution in [3.05, 3.63) is 54.0 Å². The molecule has 21 heavy (non-hydrogen) atoms. The molecule has 6 nitrogen and oxygen atoms in total. The average molecular weight is 308 g/mol. The van der Waals surface area contributed by atoms with E-state index in [1.54, 1.807) is 30.1 Å².